The highest BCUT2D eigenvalue weighted by atomic mass is 31.2. The molecule has 2 aromatic carbocycles. The Bertz CT molecular complexity index is 891. The Labute approximate surface area is 153 Å². The lowest BCUT2D eigenvalue weighted by molar-refractivity contribution is 0.229. The van der Waals surface area contributed by atoms with E-state index in [1.807, 2.05) is 60.7 Å². The summed E-state index contributed by atoms with van der Waals surface area (Å²) in [5.74, 6) is 0. The molecule has 0 unspecified atom stereocenters. The molecule has 5 nitrogen and oxygen atoms in total. The standard InChI is InChI=1S/C20H21N2O3P/c1-3-24-26(23,25-4-2)20-19(17-13-9-6-10-14-17)21-15-18(22-20)16-11-7-5-8-12-16/h5-15H,3-4H2,1-2H3. The zero-order valence-electron chi connectivity index (χ0n) is 14.8. The average Bonchev–Trinajstić information content (AvgIpc) is 2.69. The summed E-state index contributed by atoms with van der Waals surface area (Å²) in [5, 5.41) is 0. The van der Waals surface area contributed by atoms with Crippen LogP contribution in [0.3, 0.4) is 0 Å². The molecule has 3 rings (SSSR count). The van der Waals surface area contributed by atoms with Crippen LogP contribution in [0.2, 0.25) is 0 Å². The van der Waals surface area contributed by atoms with Gasteiger partial charge in [0.05, 0.1) is 25.1 Å². The van der Waals surface area contributed by atoms with Crippen molar-refractivity contribution in [2.75, 3.05) is 13.2 Å². The van der Waals surface area contributed by atoms with Crippen LogP contribution in [0.15, 0.2) is 66.9 Å². The highest BCUT2D eigenvalue weighted by Gasteiger charge is 2.33. The van der Waals surface area contributed by atoms with Crippen molar-refractivity contribution >= 4 is 13.0 Å². The van der Waals surface area contributed by atoms with Gasteiger partial charge in [0.2, 0.25) is 0 Å². The molecule has 1 heterocycles. The van der Waals surface area contributed by atoms with Gasteiger partial charge < -0.3 is 9.05 Å². The molecule has 0 saturated heterocycles. The molecule has 134 valence electrons. The first-order chi connectivity index (χ1) is 12.7. The predicted molar refractivity (Wildman–Crippen MR) is 103 cm³/mol. The molecular formula is C20H21N2O3P. The SMILES string of the molecule is CCOP(=O)(OCC)c1nc(-c2ccccc2)cnc1-c1ccccc1. The Morgan fingerprint density at radius 2 is 1.38 bits per heavy atom. The monoisotopic (exact) mass is 368 g/mol. The summed E-state index contributed by atoms with van der Waals surface area (Å²) in [6.07, 6.45) is 1.68. The van der Waals surface area contributed by atoms with E-state index in [0.29, 0.717) is 11.4 Å². The van der Waals surface area contributed by atoms with Gasteiger partial charge in [0.25, 0.3) is 0 Å². The summed E-state index contributed by atoms with van der Waals surface area (Å²) in [7, 11) is -3.60. The molecule has 0 radical (unpaired) electrons. The van der Waals surface area contributed by atoms with Gasteiger partial charge in [-0.1, -0.05) is 60.7 Å². The van der Waals surface area contributed by atoms with Crippen LogP contribution in [0, 0.1) is 0 Å². The van der Waals surface area contributed by atoms with E-state index in [9.17, 15) is 4.57 Å². The zero-order valence-corrected chi connectivity index (χ0v) is 15.7. The molecule has 0 spiro atoms. The topological polar surface area (TPSA) is 61.3 Å². The lowest BCUT2D eigenvalue weighted by Crippen LogP contribution is -2.19. The van der Waals surface area contributed by atoms with Crippen LogP contribution in [0.25, 0.3) is 22.5 Å². The van der Waals surface area contributed by atoms with Crippen LogP contribution in [-0.2, 0) is 13.6 Å². The summed E-state index contributed by atoms with van der Waals surface area (Å²) in [6.45, 7) is 4.07. The fourth-order valence-corrected chi connectivity index (χ4v) is 4.29. The molecule has 0 aliphatic carbocycles. The Morgan fingerprint density at radius 3 is 1.92 bits per heavy atom. The maximum absolute atomic E-state index is 13.4. The number of rotatable bonds is 7. The summed E-state index contributed by atoms with van der Waals surface area (Å²) in [6, 6.07) is 19.2. The molecule has 3 aromatic rings. The molecule has 0 aliphatic heterocycles. The highest BCUT2D eigenvalue weighted by molar-refractivity contribution is 7.62. The number of aromatic nitrogens is 2. The second-order valence-corrected chi connectivity index (χ2v) is 7.43. The fourth-order valence-electron chi connectivity index (χ4n) is 2.62. The second kappa shape index (κ2) is 8.37. The third kappa shape index (κ3) is 3.91. The predicted octanol–water partition coefficient (Wildman–Crippen LogP) is 4.70. The van der Waals surface area contributed by atoms with E-state index in [4.69, 9.17) is 9.05 Å². The summed E-state index contributed by atoms with van der Waals surface area (Å²) in [4.78, 5) is 9.21. The van der Waals surface area contributed by atoms with Gasteiger partial charge in [0.1, 0.15) is 5.69 Å². The van der Waals surface area contributed by atoms with E-state index in [1.165, 1.54) is 0 Å². The van der Waals surface area contributed by atoms with Crippen molar-refractivity contribution in [3.05, 3.63) is 66.9 Å². The van der Waals surface area contributed by atoms with Crippen LogP contribution in [0.5, 0.6) is 0 Å². The van der Waals surface area contributed by atoms with E-state index >= 15 is 0 Å². The maximum Gasteiger partial charge on any atom is 0.381 e. The van der Waals surface area contributed by atoms with Crippen molar-refractivity contribution in [3.63, 3.8) is 0 Å². The van der Waals surface area contributed by atoms with E-state index in [0.717, 1.165) is 11.1 Å². The Hall–Kier alpha value is -2.33. The van der Waals surface area contributed by atoms with Crippen LogP contribution in [0.4, 0.5) is 0 Å². The number of hydrogen-bond donors (Lipinski definition) is 0. The normalized spacial score (nSPS) is 11.5. The largest absolute Gasteiger partial charge is 0.381 e. The molecule has 0 bridgehead atoms. The van der Waals surface area contributed by atoms with Gasteiger partial charge in [0, 0.05) is 11.1 Å². The molecule has 26 heavy (non-hydrogen) atoms. The second-order valence-electron chi connectivity index (χ2n) is 5.49. The minimum atomic E-state index is -3.60. The van der Waals surface area contributed by atoms with Gasteiger partial charge in [0.15, 0.2) is 5.44 Å². The van der Waals surface area contributed by atoms with Gasteiger partial charge in [-0.3, -0.25) is 9.55 Å². The van der Waals surface area contributed by atoms with Gasteiger partial charge in [-0.15, -0.1) is 0 Å². The summed E-state index contributed by atoms with van der Waals surface area (Å²) >= 11 is 0. The smallest absolute Gasteiger partial charge is 0.304 e. The van der Waals surface area contributed by atoms with E-state index < -0.39 is 7.60 Å². The Balaban J connectivity index is 2.21. The molecule has 0 fully saturated rings. The molecule has 0 saturated carbocycles. The molecular weight excluding hydrogens is 347 g/mol. The van der Waals surface area contributed by atoms with E-state index in [2.05, 4.69) is 9.97 Å². The van der Waals surface area contributed by atoms with Crippen molar-refractivity contribution in [2.45, 2.75) is 13.8 Å². The minimum Gasteiger partial charge on any atom is -0.304 e. The first kappa shape index (κ1) is 18.5. The molecule has 1 aromatic heterocycles. The number of benzene rings is 2. The van der Waals surface area contributed by atoms with Gasteiger partial charge in [-0.05, 0) is 13.8 Å². The zero-order chi connectivity index (χ0) is 18.4. The summed E-state index contributed by atoms with van der Waals surface area (Å²) in [5.41, 5.74) is 3.08. The van der Waals surface area contributed by atoms with Crippen molar-refractivity contribution < 1.29 is 13.6 Å². The quantitative estimate of drug-likeness (QED) is 0.566. The lowest BCUT2D eigenvalue weighted by atomic mass is 10.1. The van der Waals surface area contributed by atoms with Crippen LogP contribution in [0.1, 0.15) is 13.8 Å². The van der Waals surface area contributed by atoms with Gasteiger partial charge >= 0.3 is 7.60 Å². The van der Waals surface area contributed by atoms with Crippen molar-refractivity contribution in [2.24, 2.45) is 0 Å². The first-order valence-electron chi connectivity index (χ1n) is 8.55. The van der Waals surface area contributed by atoms with Crippen molar-refractivity contribution in [1.82, 2.24) is 9.97 Å². The average molecular weight is 368 g/mol. The third-order valence-electron chi connectivity index (χ3n) is 3.73. The molecule has 0 atom stereocenters. The minimum absolute atomic E-state index is 0.244. The van der Waals surface area contributed by atoms with Crippen LogP contribution in [-0.4, -0.2) is 23.2 Å². The number of nitrogens with zero attached hydrogens (tertiary/aromatic N) is 2. The molecule has 0 amide bonds. The van der Waals surface area contributed by atoms with Crippen molar-refractivity contribution in [1.29, 1.82) is 0 Å². The Kier molecular flexibility index (Phi) is 5.94. The first-order valence-corrected chi connectivity index (χ1v) is 10.1. The van der Waals surface area contributed by atoms with Gasteiger partial charge in [-0.25, -0.2) is 4.98 Å². The van der Waals surface area contributed by atoms with E-state index in [-0.39, 0.29) is 18.6 Å². The molecule has 6 heteroatoms. The van der Waals surface area contributed by atoms with Gasteiger partial charge in [-0.2, -0.15) is 0 Å². The fraction of sp³-hybridized carbons (Fsp3) is 0.200. The Morgan fingerprint density at radius 1 is 0.846 bits per heavy atom. The van der Waals surface area contributed by atoms with Crippen molar-refractivity contribution in [3.8, 4) is 22.5 Å². The third-order valence-corrected chi connectivity index (χ3v) is 5.76. The van der Waals surface area contributed by atoms with E-state index in [1.54, 1.807) is 20.0 Å². The molecule has 0 N–H and O–H groups in total. The molecule has 0 aliphatic rings. The maximum atomic E-state index is 13.4. The van der Waals surface area contributed by atoms with Crippen LogP contribution >= 0.6 is 7.60 Å². The summed E-state index contributed by atoms with van der Waals surface area (Å²) < 4.78 is 24.5. The highest BCUT2D eigenvalue weighted by Crippen LogP contribution is 2.48. The lowest BCUT2D eigenvalue weighted by Gasteiger charge is -2.19. The number of hydrogen-bond acceptors (Lipinski definition) is 5. The van der Waals surface area contributed by atoms with Crippen LogP contribution < -0.4 is 5.44 Å².